The molecule has 1 aromatic carbocycles. The number of anilines is 1. The molecule has 0 fully saturated rings. The first kappa shape index (κ1) is 19.3. The van der Waals surface area contributed by atoms with Gasteiger partial charge >= 0.3 is 6.03 Å². The molecule has 0 spiro atoms. The normalized spacial score (nSPS) is 11.3. The number of H-pyrrole nitrogens is 1. The second-order valence-corrected chi connectivity index (χ2v) is 8.29. The van der Waals surface area contributed by atoms with Crippen LogP contribution in [0.2, 0.25) is 0 Å². The molecule has 0 radical (unpaired) electrons. The number of rotatable bonds is 7. The predicted octanol–water partition coefficient (Wildman–Crippen LogP) is 1.85. The van der Waals surface area contributed by atoms with E-state index in [1.54, 1.807) is 6.07 Å². The zero-order valence-corrected chi connectivity index (χ0v) is 15.8. The lowest BCUT2D eigenvalue weighted by Crippen LogP contribution is -2.36. The lowest BCUT2D eigenvalue weighted by atomic mass is 10.3. The SMILES string of the molecule is Cc1n[nH]c(C)c1Sc1ccccc1NC(=O)NCCNS(C)(=O)=O. The van der Waals surface area contributed by atoms with Crippen molar-refractivity contribution in [3.8, 4) is 0 Å². The van der Waals surface area contributed by atoms with Gasteiger partial charge in [-0.15, -0.1) is 0 Å². The number of para-hydroxylation sites is 1. The average molecular weight is 383 g/mol. The Bertz CT molecular complexity index is 829. The zero-order chi connectivity index (χ0) is 18.4. The largest absolute Gasteiger partial charge is 0.337 e. The smallest absolute Gasteiger partial charge is 0.319 e. The molecule has 0 unspecified atom stereocenters. The number of sulfonamides is 1. The maximum absolute atomic E-state index is 12.0. The third-order valence-electron chi connectivity index (χ3n) is 3.18. The number of carbonyl (C=O) groups excluding carboxylic acids is 1. The molecule has 0 aliphatic carbocycles. The van der Waals surface area contributed by atoms with Crippen LogP contribution >= 0.6 is 11.8 Å². The molecule has 0 saturated carbocycles. The molecule has 0 atom stereocenters. The fraction of sp³-hybridized carbons (Fsp3) is 0.333. The molecule has 1 heterocycles. The lowest BCUT2D eigenvalue weighted by molar-refractivity contribution is 0.252. The summed E-state index contributed by atoms with van der Waals surface area (Å²) in [5.41, 5.74) is 2.53. The summed E-state index contributed by atoms with van der Waals surface area (Å²) in [6.45, 7) is 4.19. The zero-order valence-electron chi connectivity index (χ0n) is 14.2. The highest BCUT2D eigenvalue weighted by atomic mass is 32.2. The fourth-order valence-electron chi connectivity index (χ4n) is 2.04. The van der Waals surface area contributed by atoms with Gasteiger partial charge in [0.15, 0.2) is 0 Å². The van der Waals surface area contributed by atoms with Gasteiger partial charge in [0.2, 0.25) is 10.0 Å². The van der Waals surface area contributed by atoms with E-state index in [0.717, 1.165) is 27.4 Å². The average Bonchev–Trinajstić information content (AvgIpc) is 2.84. The van der Waals surface area contributed by atoms with Crippen LogP contribution < -0.4 is 15.4 Å². The van der Waals surface area contributed by atoms with Gasteiger partial charge in [0, 0.05) is 23.7 Å². The Kier molecular flexibility index (Phi) is 6.45. The molecule has 2 rings (SSSR count). The second-order valence-electron chi connectivity index (χ2n) is 5.41. The molecule has 0 bridgehead atoms. The molecule has 4 N–H and O–H groups in total. The monoisotopic (exact) mass is 383 g/mol. The van der Waals surface area contributed by atoms with Crippen LogP contribution in [0, 0.1) is 13.8 Å². The van der Waals surface area contributed by atoms with Crippen LogP contribution in [-0.4, -0.2) is 44.0 Å². The van der Waals surface area contributed by atoms with Gasteiger partial charge in [0.05, 0.1) is 22.5 Å². The molecule has 2 amide bonds. The molecular formula is C15H21N5O3S2. The van der Waals surface area contributed by atoms with Crippen molar-refractivity contribution in [2.24, 2.45) is 0 Å². The van der Waals surface area contributed by atoms with E-state index in [1.165, 1.54) is 11.8 Å². The standard InChI is InChI=1S/C15H21N5O3S2/c1-10-14(11(2)20-19-10)24-13-7-5-4-6-12(13)18-15(21)16-8-9-17-25(3,22)23/h4-7,17H,8-9H2,1-3H3,(H,19,20)(H2,16,18,21). The summed E-state index contributed by atoms with van der Waals surface area (Å²) in [6, 6.07) is 7.05. The van der Waals surface area contributed by atoms with Gasteiger partial charge < -0.3 is 10.6 Å². The maximum Gasteiger partial charge on any atom is 0.319 e. The summed E-state index contributed by atoms with van der Waals surface area (Å²) < 4.78 is 24.2. The highest BCUT2D eigenvalue weighted by Gasteiger charge is 2.12. The lowest BCUT2D eigenvalue weighted by Gasteiger charge is -2.12. The number of amides is 2. The van der Waals surface area contributed by atoms with Crippen molar-refractivity contribution in [1.29, 1.82) is 0 Å². The number of hydrogen-bond donors (Lipinski definition) is 4. The minimum absolute atomic E-state index is 0.135. The van der Waals surface area contributed by atoms with E-state index in [9.17, 15) is 13.2 Å². The van der Waals surface area contributed by atoms with Gasteiger partial charge in [-0.1, -0.05) is 23.9 Å². The Balaban J connectivity index is 1.97. The Morgan fingerprint density at radius 3 is 2.60 bits per heavy atom. The van der Waals surface area contributed by atoms with Crippen molar-refractivity contribution >= 4 is 33.5 Å². The Hall–Kier alpha value is -2.04. The summed E-state index contributed by atoms with van der Waals surface area (Å²) in [6.07, 6.45) is 1.07. The van der Waals surface area contributed by atoms with E-state index in [-0.39, 0.29) is 13.1 Å². The molecule has 0 aliphatic heterocycles. The fourth-order valence-corrected chi connectivity index (χ4v) is 3.50. The molecule has 136 valence electrons. The highest BCUT2D eigenvalue weighted by Crippen LogP contribution is 2.36. The Labute approximate surface area is 151 Å². The summed E-state index contributed by atoms with van der Waals surface area (Å²) in [4.78, 5) is 13.9. The molecular weight excluding hydrogens is 362 g/mol. The summed E-state index contributed by atoms with van der Waals surface area (Å²) in [7, 11) is -3.26. The highest BCUT2D eigenvalue weighted by molar-refractivity contribution is 7.99. The number of urea groups is 1. The number of aromatic amines is 1. The summed E-state index contributed by atoms with van der Waals surface area (Å²) in [5.74, 6) is 0. The minimum Gasteiger partial charge on any atom is -0.337 e. The van der Waals surface area contributed by atoms with Gasteiger partial charge in [-0.05, 0) is 26.0 Å². The molecule has 8 nitrogen and oxygen atoms in total. The molecule has 2 aromatic rings. The third kappa shape index (κ3) is 6.07. The van der Waals surface area contributed by atoms with E-state index in [0.29, 0.717) is 5.69 Å². The van der Waals surface area contributed by atoms with Crippen molar-refractivity contribution in [2.75, 3.05) is 24.7 Å². The third-order valence-corrected chi connectivity index (χ3v) is 5.29. The van der Waals surface area contributed by atoms with Gasteiger partial charge in [-0.3, -0.25) is 5.10 Å². The van der Waals surface area contributed by atoms with E-state index < -0.39 is 16.1 Å². The van der Waals surface area contributed by atoms with E-state index in [2.05, 4.69) is 25.6 Å². The van der Waals surface area contributed by atoms with E-state index >= 15 is 0 Å². The first-order valence-corrected chi connectivity index (χ1v) is 10.2. The topological polar surface area (TPSA) is 116 Å². The van der Waals surface area contributed by atoms with Crippen LogP contribution in [0.3, 0.4) is 0 Å². The van der Waals surface area contributed by atoms with Crippen molar-refractivity contribution in [3.05, 3.63) is 35.7 Å². The number of hydrogen-bond acceptors (Lipinski definition) is 5. The van der Waals surface area contributed by atoms with Crippen LogP contribution in [-0.2, 0) is 10.0 Å². The molecule has 1 aromatic heterocycles. The Morgan fingerprint density at radius 2 is 1.96 bits per heavy atom. The first-order valence-electron chi connectivity index (χ1n) is 7.54. The van der Waals surface area contributed by atoms with E-state index in [4.69, 9.17) is 0 Å². The van der Waals surface area contributed by atoms with Gasteiger partial charge in [-0.25, -0.2) is 17.9 Å². The Morgan fingerprint density at radius 1 is 1.24 bits per heavy atom. The van der Waals surface area contributed by atoms with Crippen LogP contribution in [0.1, 0.15) is 11.4 Å². The van der Waals surface area contributed by atoms with Gasteiger partial charge in [-0.2, -0.15) is 5.10 Å². The summed E-state index contributed by atoms with van der Waals surface area (Å²) in [5, 5.41) is 12.5. The second kappa shape index (κ2) is 8.37. The van der Waals surface area contributed by atoms with Crippen molar-refractivity contribution in [3.63, 3.8) is 0 Å². The van der Waals surface area contributed by atoms with Crippen molar-refractivity contribution < 1.29 is 13.2 Å². The predicted molar refractivity (Wildman–Crippen MR) is 98.5 cm³/mol. The number of nitrogens with one attached hydrogen (secondary N) is 4. The molecule has 10 heteroatoms. The molecule has 0 aliphatic rings. The number of aromatic nitrogens is 2. The summed E-state index contributed by atoms with van der Waals surface area (Å²) >= 11 is 1.52. The van der Waals surface area contributed by atoms with Gasteiger partial charge in [0.25, 0.3) is 0 Å². The van der Waals surface area contributed by atoms with E-state index in [1.807, 2.05) is 32.0 Å². The van der Waals surface area contributed by atoms with Crippen LogP contribution in [0.5, 0.6) is 0 Å². The number of carbonyl (C=O) groups is 1. The van der Waals surface area contributed by atoms with Crippen LogP contribution in [0.25, 0.3) is 0 Å². The number of nitrogens with zero attached hydrogens (tertiary/aromatic N) is 1. The quantitative estimate of drug-likeness (QED) is 0.545. The number of benzene rings is 1. The van der Waals surface area contributed by atoms with Crippen LogP contribution in [0.4, 0.5) is 10.5 Å². The van der Waals surface area contributed by atoms with Crippen molar-refractivity contribution in [1.82, 2.24) is 20.2 Å². The minimum atomic E-state index is -3.26. The molecule has 0 saturated heterocycles. The maximum atomic E-state index is 12.0. The van der Waals surface area contributed by atoms with Crippen molar-refractivity contribution in [2.45, 2.75) is 23.6 Å². The van der Waals surface area contributed by atoms with Crippen LogP contribution in [0.15, 0.2) is 34.1 Å². The first-order chi connectivity index (χ1) is 11.8. The van der Waals surface area contributed by atoms with Gasteiger partial charge in [0.1, 0.15) is 0 Å². The number of aryl methyl sites for hydroxylation is 2. The molecule has 25 heavy (non-hydrogen) atoms.